The number of hydrogen-bond acceptors (Lipinski definition) is 6. The molecule has 0 bridgehead atoms. The number of methoxy groups -OCH3 is 1. The molecule has 0 spiro atoms. The van der Waals surface area contributed by atoms with Crippen molar-refractivity contribution < 1.29 is 9.15 Å². The molecule has 0 saturated heterocycles. The Morgan fingerprint density at radius 1 is 1.39 bits per heavy atom. The van der Waals surface area contributed by atoms with E-state index in [9.17, 15) is 0 Å². The van der Waals surface area contributed by atoms with Crippen LogP contribution in [0.5, 0.6) is 0 Å². The zero-order valence-electron chi connectivity index (χ0n) is 11.2. The molecule has 1 aliphatic rings. The van der Waals surface area contributed by atoms with Crippen LogP contribution < -0.4 is 10.6 Å². The molecule has 2 rings (SSSR count). The average Bonchev–Trinajstić information content (AvgIpc) is 3.05. The summed E-state index contributed by atoms with van der Waals surface area (Å²) >= 11 is 0. The molecule has 0 unspecified atom stereocenters. The number of anilines is 1. The predicted octanol–water partition coefficient (Wildman–Crippen LogP) is 1.41. The average molecular weight is 254 g/mol. The van der Waals surface area contributed by atoms with Gasteiger partial charge in [0, 0.05) is 20.2 Å². The third-order valence-electron chi connectivity index (χ3n) is 3.55. The van der Waals surface area contributed by atoms with Gasteiger partial charge in [0.1, 0.15) is 0 Å². The molecule has 18 heavy (non-hydrogen) atoms. The summed E-state index contributed by atoms with van der Waals surface area (Å²) in [5, 5.41) is 14.3. The summed E-state index contributed by atoms with van der Waals surface area (Å²) in [6.07, 6.45) is 3.81. The Morgan fingerprint density at radius 3 is 2.89 bits per heavy atom. The highest BCUT2D eigenvalue weighted by Crippen LogP contribution is 2.48. The lowest BCUT2D eigenvalue weighted by Gasteiger charge is -2.11. The van der Waals surface area contributed by atoms with Gasteiger partial charge in [0.2, 0.25) is 5.89 Å². The van der Waals surface area contributed by atoms with E-state index in [2.05, 4.69) is 27.8 Å². The second kappa shape index (κ2) is 6.15. The van der Waals surface area contributed by atoms with Crippen LogP contribution in [0.15, 0.2) is 4.42 Å². The maximum absolute atomic E-state index is 5.49. The maximum Gasteiger partial charge on any atom is 0.315 e. The monoisotopic (exact) mass is 254 g/mol. The fourth-order valence-corrected chi connectivity index (χ4v) is 1.86. The third kappa shape index (κ3) is 3.68. The molecule has 1 heterocycles. The van der Waals surface area contributed by atoms with E-state index in [1.54, 1.807) is 7.11 Å². The Labute approximate surface area is 107 Å². The number of aromatic nitrogens is 2. The normalized spacial score (nSPS) is 16.8. The van der Waals surface area contributed by atoms with Crippen LogP contribution in [-0.2, 0) is 11.3 Å². The van der Waals surface area contributed by atoms with E-state index < -0.39 is 0 Å². The van der Waals surface area contributed by atoms with Gasteiger partial charge in [-0.1, -0.05) is 12.0 Å². The van der Waals surface area contributed by atoms with Crippen LogP contribution in [-0.4, -0.2) is 37.0 Å². The van der Waals surface area contributed by atoms with Crippen molar-refractivity contribution in [3.05, 3.63) is 5.89 Å². The summed E-state index contributed by atoms with van der Waals surface area (Å²) in [5.74, 6) is 0.606. The van der Waals surface area contributed by atoms with Crippen LogP contribution in [0.25, 0.3) is 0 Å². The van der Waals surface area contributed by atoms with E-state index in [0.717, 1.165) is 13.1 Å². The molecule has 1 aromatic heterocycles. The van der Waals surface area contributed by atoms with E-state index in [-0.39, 0.29) is 0 Å². The van der Waals surface area contributed by atoms with E-state index >= 15 is 0 Å². The van der Waals surface area contributed by atoms with Crippen LogP contribution in [0.4, 0.5) is 6.01 Å². The molecule has 102 valence electrons. The van der Waals surface area contributed by atoms with Crippen molar-refractivity contribution in [2.24, 2.45) is 5.41 Å². The first-order valence-electron chi connectivity index (χ1n) is 6.54. The molecule has 0 atom stereocenters. The highest BCUT2D eigenvalue weighted by Gasteiger charge is 2.40. The molecular weight excluding hydrogens is 232 g/mol. The van der Waals surface area contributed by atoms with Gasteiger partial charge >= 0.3 is 6.01 Å². The van der Waals surface area contributed by atoms with Crippen molar-refractivity contribution in [2.45, 2.75) is 32.7 Å². The fraction of sp³-hybridized carbons (Fsp3) is 0.833. The quantitative estimate of drug-likeness (QED) is 0.649. The highest BCUT2D eigenvalue weighted by atomic mass is 16.5. The Hall–Kier alpha value is -1.14. The van der Waals surface area contributed by atoms with Crippen LogP contribution in [0.1, 0.15) is 32.1 Å². The zero-order chi connectivity index (χ0) is 12.8. The van der Waals surface area contributed by atoms with Crippen molar-refractivity contribution in [1.82, 2.24) is 15.5 Å². The number of rotatable bonds is 9. The van der Waals surface area contributed by atoms with E-state index in [1.807, 2.05) is 0 Å². The maximum atomic E-state index is 5.49. The standard InChI is InChI=1S/C12H22N4O2/c1-3-12(4-5-12)9-14-11-16-15-10(18-11)8-13-6-7-17-2/h13H,3-9H2,1-2H3,(H,14,16). The fourth-order valence-electron chi connectivity index (χ4n) is 1.86. The summed E-state index contributed by atoms with van der Waals surface area (Å²) in [7, 11) is 1.68. The van der Waals surface area contributed by atoms with Crippen molar-refractivity contribution in [1.29, 1.82) is 0 Å². The van der Waals surface area contributed by atoms with E-state index in [0.29, 0.717) is 30.5 Å². The molecule has 6 heteroatoms. The Morgan fingerprint density at radius 2 is 2.22 bits per heavy atom. The molecule has 0 aliphatic heterocycles. The van der Waals surface area contributed by atoms with Gasteiger partial charge in [0.05, 0.1) is 13.2 Å². The molecule has 1 fully saturated rings. The summed E-state index contributed by atoms with van der Waals surface area (Å²) in [6.45, 7) is 5.20. The first-order valence-corrected chi connectivity index (χ1v) is 6.54. The first kappa shape index (κ1) is 13.3. The topological polar surface area (TPSA) is 72.2 Å². The number of nitrogens with one attached hydrogen (secondary N) is 2. The molecule has 6 nitrogen and oxygen atoms in total. The van der Waals surface area contributed by atoms with Gasteiger partial charge in [0.15, 0.2) is 0 Å². The zero-order valence-corrected chi connectivity index (χ0v) is 11.2. The van der Waals surface area contributed by atoms with E-state index in [4.69, 9.17) is 9.15 Å². The minimum absolute atomic E-state index is 0.478. The second-order valence-electron chi connectivity index (χ2n) is 4.88. The number of ether oxygens (including phenoxy) is 1. The van der Waals surface area contributed by atoms with Gasteiger partial charge in [-0.25, -0.2) is 0 Å². The number of nitrogens with zero attached hydrogens (tertiary/aromatic N) is 2. The Bertz CT molecular complexity index is 363. The SMILES string of the molecule is CCC1(CNc2nnc(CNCCOC)o2)CC1. The van der Waals surface area contributed by atoms with Gasteiger partial charge in [-0.05, 0) is 24.7 Å². The lowest BCUT2D eigenvalue weighted by atomic mass is 10.0. The lowest BCUT2D eigenvalue weighted by molar-refractivity contribution is 0.198. The first-order chi connectivity index (χ1) is 8.78. The van der Waals surface area contributed by atoms with Crippen LogP contribution in [0.3, 0.4) is 0 Å². The van der Waals surface area contributed by atoms with Crippen LogP contribution in [0, 0.1) is 5.41 Å². The van der Waals surface area contributed by atoms with Crippen LogP contribution >= 0.6 is 0 Å². The number of hydrogen-bond donors (Lipinski definition) is 2. The van der Waals surface area contributed by atoms with Gasteiger partial charge in [0.25, 0.3) is 0 Å². The molecule has 0 radical (unpaired) electrons. The molecule has 0 amide bonds. The van der Waals surface area contributed by atoms with Crippen molar-refractivity contribution >= 4 is 6.01 Å². The molecule has 0 aromatic carbocycles. The second-order valence-corrected chi connectivity index (χ2v) is 4.88. The molecule has 1 aliphatic carbocycles. The van der Waals surface area contributed by atoms with Gasteiger partial charge in [-0.15, -0.1) is 5.10 Å². The van der Waals surface area contributed by atoms with Crippen molar-refractivity contribution in [2.75, 3.05) is 32.1 Å². The highest BCUT2D eigenvalue weighted by molar-refractivity contribution is 5.19. The predicted molar refractivity (Wildman–Crippen MR) is 68.3 cm³/mol. The lowest BCUT2D eigenvalue weighted by Crippen LogP contribution is -2.18. The molecule has 2 N–H and O–H groups in total. The van der Waals surface area contributed by atoms with E-state index in [1.165, 1.54) is 19.3 Å². The Kier molecular flexibility index (Phi) is 4.54. The molecule has 1 aromatic rings. The van der Waals surface area contributed by atoms with Crippen LogP contribution in [0.2, 0.25) is 0 Å². The van der Waals surface area contributed by atoms with Crippen molar-refractivity contribution in [3.8, 4) is 0 Å². The minimum atomic E-state index is 0.478. The summed E-state index contributed by atoms with van der Waals surface area (Å²) in [5.41, 5.74) is 0.478. The summed E-state index contributed by atoms with van der Waals surface area (Å²) in [4.78, 5) is 0. The smallest absolute Gasteiger partial charge is 0.315 e. The molecular formula is C12H22N4O2. The largest absolute Gasteiger partial charge is 0.407 e. The van der Waals surface area contributed by atoms with Gasteiger partial charge in [-0.2, -0.15) is 0 Å². The summed E-state index contributed by atoms with van der Waals surface area (Å²) in [6, 6.07) is 0.526. The van der Waals surface area contributed by atoms with Gasteiger partial charge in [-0.3, -0.25) is 0 Å². The van der Waals surface area contributed by atoms with Crippen molar-refractivity contribution in [3.63, 3.8) is 0 Å². The molecule has 1 saturated carbocycles. The Balaban J connectivity index is 1.69. The van der Waals surface area contributed by atoms with Gasteiger partial charge < -0.3 is 19.8 Å². The minimum Gasteiger partial charge on any atom is -0.407 e. The summed E-state index contributed by atoms with van der Waals surface area (Å²) < 4.78 is 10.4. The third-order valence-corrected chi connectivity index (χ3v) is 3.55.